The Morgan fingerprint density at radius 3 is 3.07 bits per heavy atom. The van der Waals surface area contributed by atoms with E-state index in [4.69, 9.17) is 11.6 Å². The molecule has 2 aliphatic heterocycles. The predicted molar refractivity (Wildman–Crippen MR) is 57.5 cm³/mol. The highest BCUT2D eigenvalue weighted by atomic mass is 35.5. The standard InChI is InChI=1S/C10H8ClN3/c11-10-13-8-4-2-1-3-7(8)9-12-5-6-14(9)10/h1-4H,5-6H2. The summed E-state index contributed by atoms with van der Waals surface area (Å²) in [6.07, 6.45) is 0. The Hall–Kier alpha value is -1.35. The Labute approximate surface area is 86.7 Å². The molecule has 3 rings (SSSR count). The zero-order valence-corrected chi connectivity index (χ0v) is 8.20. The number of hydrogen-bond acceptors (Lipinski definition) is 3. The first-order valence-corrected chi connectivity index (χ1v) is 4.89. The van der Waals surface area contributed by atoms with E-state index < -0.39 is 0 Å². The maximum absolute atomic E-state index is 6.04. The summed E-state index contributed by atoms with van der Waals surface area (Å²) in [5.41, 5.74) is 1.99. The summed E-state index contributed by atoms with van der Waals surface area (Å²) in [6, 6.07) is 7.93. The molecule has 0 N–H and O–H groups in total. The molecule has 0 amide bonds. The van der Waals surface area contributed by atoms with Crippen LogP contribution in [0.15, 0.2) is 34.3 Å². The lowest BCUT2D eigenvalue weighted by atomic mass is 10.1. The van der Waals surface area contributed by atoms with Gasteiger partial charge in [0.05, 0.1) is 12.2 Å². The first kappa shape index (κ1) is 8.00. The molecule has 3 nitrogen and oxygen atoms in total. The number of amidine groups is 2. The molecule has 0 aliphatic carbocycles. The van der Waals surface area contributed by atoms with E-state index >= 15 is 0 Å². The maximum Gasteiger partial charge on any atom is 0.204 e. The van der Waals surface area contributed by atoms with Crippen molar-refractivity contribution in [3.63, 3.8) is 0 Å². The molecule has 0 fully saturated rings. The summed E-state index contributed by atoms with van der Waals surface area (Å²) in [4.78, 5) is 10.7. The molecule has 2 aliphatic rings. The van der Waals surface area contributed by atoms with E-state index in [-0.39, 0.29) is 0 Å². The molecule has 1 aromatic carbocycles. The fourth-order valence-electron chi connectivity index (χ4n) is 1.78. The lowest BCUT2D eigenvalue weighted by molar-refractivity contribution is 0.673. The van der Waals surface area contributed by atoms with Crippen molar-refractivity contribution >= 4 is 28.4 Å². The largest absolute Gasteiger partial charge is 0.299 e. The van der Waals surface area contributed by atoms with Crippen LogP contribution in [0.5, 0.6) is 0 Å². The minimum atomic E-state index is 0.528. The van der Waals surface area contributed by atoms with Crippen molar-refractivity contribution in [1.82, 2.24) is 4.90 Å². The van der Waals surface area contributed by atoms with Crippen LogP contribution in [0.3, 0.4) is 0 Å². The first-order chi connectivity index (χ1) is 6.86. The second-order valence-corrected chi connectivity index (χ2v) is 3.59. The highest BCUT2D eigenvalue weighted by molar-refractivity contribution is 6.66. The molecule has 2 heterocycles. The van der Waals surface area contributed by atoms with Gasteiger partial charge in [-0.1, -0.05) is 12.1 Å². The number of aliphatic imine (C=N–C) groups is 2. The normalized spacial score (nSPS) is 18.5. The van der Waals surface area contributed by atoms with E-state index in [0.29, 0.717) is 5.29 Å². The smallest absolute Gasteiger partial charge is 0.204 e. The van der Waals surface area contributed by atoms with Gasteiger partial charge in [-0.15, -0.1) is 0 Å². The number of halogens is 1. The Balaban J connectivity index is 2.25. The van der Waals surface area contributed by atoms with Crippen LogP contribution in [-0.2, 0) is 0 Å². The fourth-order valence-corrected chi connectivity index (χ4v) is 2.03. The minimum Gasteiger partial charge on any atom is -0.299 e. The number of hydrogen-bond donors (Lipinski definition) is 0. The summed E-state index contributed by atoms with van der Waals surface area (Å²) >= 11 is 6.04. The Morgan fingerprint density at radius 2 is 2.14 bits per heavy atom. The van der Waals surface area contributed by atoms with E-state index in [1.165, 1.54) is 0 Å². The molecule has 0 radical (unpaired) electrons. The average molecular weight is 206 g/mol. The maximum atomic E-state index is 6.04. The van der Waals surface area contributed by atoms with Gasteiger partial charge in [0.25, 0.3) is 0 Å². The van der Waals surface area contributed by atoms with Crippen LogP contribution in [0.1, 0.15) is 5.56 Å². The fraction of sp³-hybridized carbons (Fsp3) is 0.200. The van der Waals surface area contributed by atoms with Gasteiger partial charge in [-0.3, -0.25) is 9.89 Å². The second-order valence-electron chi connectivity index (χ2n) is 3.25. The number of fused-ring (bicyclic) bond motifs is 3. The van der Waals surface area contributed by atoms with E-state index in [0.717, 1.165) is 30.2 Å². The highest BCUT2D eigenvalue weighted by Crippen LogP contribution is 2.28. The monoisotopic (exact) mass is 205 g/mol. The van der Waals surface area contributed by atoms with E-state index in [2.05, 4.69) is 9.98 Å². The van der Waals surface area contributed by atoms with Crippen LogP contribution in [0.4, 0.5) is 5.69 Å². The van der Waals surface area contributed by atoms with Crippen molar-refractivity contribution in [3.8, 4) is 0 Å². The van der Waals surface area contributed by atoms with Gasteiger partial charge in [-0.25, -0.2) is 4.99 Å². The van der Waals surface area contributed by atoms with Gasteiger partial charge in [-0.05, 0) is 23.7 Å². The summed E-state index contributed by atoms with van der Waals surface area (Å²) < 4.78 is 0. The second kappa shape index (κ2) is 2.82. The third-order valence-electron chi connectivity index (χ3n) is 2.42. The topological polar surface area (TPSA) is 28.0 Å². The molecule has 0 unspecified atom stereocenters. The third-order valence-corrected chi connectivity index (χ3v) is 2.71. The molecule has 70 valence electrons. The molecule has 0 spiro atoms. The molecule has 0 saturated carbocycles. The molecule has 14 heavy (non-hydrogen) atoms. The summed E-state index contributed by atoms with van der Waals surface area (Å²) in [6.45, 7) is 1.64. The molecular weight excluding hydrogens is 198 g/mol. The van der Waals surface area contributed by atoms with E-state index in [1.807, 2.05) is 29.2 Å². The molecular formula is C10H8ClN3. The van der Waals surface area contributed by atoms with Crippen LogP contribution in [0, 0.1) is 0 Å². The Morgan fingerprint density at radius 1 is 1.29 bits per heavy atom. The van der Waals surface area contributed by atoms with E-state index in [9.17, 15) is 0 Å². The van der Waals surface area contributed by atoms with Crippen molar-refractivity contribution in [2.45, 2.75) is 0 Å². The Bertz CT molecular complexity index is 450. The van der Waals surface area contributed by atoms with Crippen LogP contribution in [0.2, 0.25) is 0 Å². The quantitative estimate of drug-likeness (QED) is 0.596. The lowest BCUT2D eigenvalue weighted by Crippen LogP contribution is -2.33. The summed E-state index contributed by atoms with van der Waals surface area (Å²) in [7, 11) is 0. The zero-order valence-electron chi connectivity index (χ0n) is 7.44. The Kier molecular flexibility index (Phi) is 1.61. The van der Waals surface area contributed by atoms with Gasteiger partial charge >= 0.3 is 0 Å². The summed E-state index contributed by atoms with van der Waals surface area (Å²) in [5.74, 6) is 0.959. The van der Waals surface area contributed by atoms with Crippen molar-refractivity contribution in [2.24, 2.45) is 9.98 Å². The highest BCUT2D eigenvalue weighted by Gasteiger charge is 2.27. The van der Waals surface area contributed by atoms with E-state index in [1.54, 1.807) is 0 Å². The van der Waals surface area contributed by atoms with Crippen LogP contribution in [0.25, 0.3) is 0 Å². The van der Waals surface area contributed by atoms with Crippen LogP contribution < -0.4 is 0 Å². The van der Waals surface area contributed by atoms with Gasteiger partial charge in [-0.2, -0.15) is 0 Å². The van der Waals surface area contributed by atoms with Crippen LogP contribution in [-0.4, -0.2) is 29.1 Å². The number of nitrogens with zero attached hydrogens (tertiary/aromatic N) is 3. The van der Waals surface area contributed by atoms with Gasteiger partial charge in [0.1, 0.15) is 5.84 Å². The van der Waals surface area contributed by atoms with Gasteiger partial charge in [0.15, 0.2) is 0 Å². The molecule has 4 heteroatoms. The SMILES string of the molecule is ClC1=Nc2ccccc2C2=NCCN12. The number of benzene rings is 1. The minimum absolute atomic E-state index is 0.528. The predicted octanol–water partition coefficient (Wildman–Crippen LogP) is 1.99. The van der Waals surface area contributed by atoms with Crippen molar-refractivity contribution in [1.29, 1.82) is 0 Å². The van der Waals surface area contributed by atoms with Crippen molar-refractivity contribution in [2.75, 3.05) is 13.1 Å². The molecule has 0 aromatic heterocycles. The molecule has 0 bridgehead atoms. The molecule has 0 saturated heterocycles. The van der Waals surface area contributed by atoms with Gasteiger partial charge in [0.2, 0.25) is 5.29 Å². The lowest BCUT2D eigenvalue weighted by Gasteiger charge is -2.23. The van der Waals surface area contributed by atoms with Gasteiger partial charge < -0.3 is 0 Å². The van der Waals surface area contributed by atoms with Gasteiger partial charge in [0, 0.05) is 12.1 Å². The van der Waals surface area contributed by atoms with Crippen molar-refractivity contribution in [3.05, 3.63) is 29.8 Å². The number of para-hydroxylation sites is 1. The van der Waals surface area contributed by atoms with Crippen LogP contribution >= 0.6 is 11.6 Å². The summed E-state index contributed by atoms with van der Waals surface area (Å²) in [5, 5.41) is 0.528. The van der Waals surface area contributed by atoms with Crippen molar-refractivity contribution < 1.29 is 0 Å². The average Bonchev–Trinajstić information content (AvgIpc) is 2.67. The first-order valence-electron chi connectivity index (χ1n) is 4.52. The third kappa shape index (κ3) is 0.990. The zero-order chi connectivity index (χ0) is 9.54. The molecule has 0 atom stereocenters. The molecule has 1 aromatic rings. The number of rotatable bonds is 0.